The first-order valence-corrected chi connectivity index (χ1v) is 38.8. The molecule has 0 saturated carbocycles. The van der Waals surface area contributed by atoms with Crippen molar-refractivity contribution in [3.63, 3.8) is 0 Å². The number of primary amides is 1. The zero-order valence-electron chi connectivity index (χ0n) is 67.3. The Bertz CT molecular complexity index is 4860. The number of amides is 8. The number of nitrogens with two attached hydrogens (primary N) is 1. The van der Waals surface area contributed by atoms with Crippen LogP contribution in [0.15, 0.2) is 134 Å². The Labute approximate surface area is 684 Å². The number of pyridine rings is 2. The minimum absolute atomic E-state index is 0.0157. The number of hydrogen-bond donors (Lipinski definition) is 10. The van der Waals surface area contributed by atoms with Crippen LogP contribution in [-0.2, 0) is 19.2 Å². The molecule has 8 aromatic rings. The number of benzene rings is 4. The molecule has 0 aliphatic carbocycles. The van der Waals surface area contributed by atoms with Crippen LogP contribution in [0.3, 0.4) is 0 Å². The maximum Gasteiger partial charge on any atom is 0.251 e. The van der Waals surface area contributed by atoms with Crippen molar-refractivity contribution in [3.8, 4) is 12.1 Å². The van der Waals surface area contributed by atoms with Gasteiger partial charge in [0, 0.05) is 153 Å². The van der Waals surface area contributed by atoms with Crippen LogP contribution < -0.4 is 62.6 Å². The Balaban J connectivity index is 0.000000177. The molecule has 0 bridgehead atoms. The first-order chi connectivity index (χ1) is 55.1. The Morgan fingerprint density at radius 1 is 0.414 bits per heavy atom. The number of nitriles is 2. The van der Waals surface area contributed by atoms with Gasteiger partial charge in [-0.25, -0.2) is 29.9 Å². The molecule has 12 rings (SSSR count). The number of anilines is 8. The average Bonchev–Trinajstić information content (AvgIpc) is 0.773. The van der Waals surface area contributed by atoms with Crippen molar-refractivity contribution in [2.45, 2.75) is 164 Å². The molecule has 608 valence electrons. The van der Waals surface area contributed by atoms with Crippen molar-refractivity contribution in [1.29, 1.82) is 10.5 Å². The van der Waals surface area contributed by atoms with E-state index in [0.29, 0.717) is 62.1 Å². The highest BCUT2D eigenvalue weighted by molar-refractivity contribution is 6.30. The molecule has 14 atom stereocenters. The van der Waals surface area contributed by atoms with Gasteiger partial charge in [-0.3, -0.25) is 38.4 Å². The Morgan fingerprint density at radius 2 is 0.690 bits per heavy atom. The lowest BCUT2D eigenvalue weighted by Crippen LogP contribution is -2.48. The molecule has 4 aliphatic heterocycles. The first kappa shape index (κ1) is 87.7. The fourth-order valence-electron chi connectivity index (χ4n) is 14.8. The second-order valence-electron chi connectivity index (χ2n) is 29.4. The van der Waals surface area contributed by atoms with Crippen molar-refractivity contribution >= 4 is 116 Å². The molecule has 8 heterocycles. The van der Waals surface area contributed by atoms with Crippen molar-refractivity contribution in [1.82, 2.24) is 45.9 Å². The summed E-state index contributed by atoms with van der Waals surface area (Å²) in [7, 11) is 0. The molecule has 116 heavy (non-hydrogen) atoms. The summed E-state index contributed by atoms with van der Waals surface area (Å²) in [5.74, 6) is 1.04. The maximum absolute atomic E-state index is 12.5. The molecular formula is C84H98Cl2N20O10. The Kier molecular flexibility index (Phi) is 29.3. The van der Waals surface area contributed by atoms with Crippen LogP contribution in [0.1, 0.15) is 203 Å². The summed E-state index contributed by atoms with van der Waals surface area (Å²) in [6, 6.07) is 31.1. The second kappa shape index (κ2) is 38.7. The molecule has 11 N–H and O–H groups in total. The van der Waals surface area contributed by atoms with E-state index >= 15 is 0 Å². The highest BCUT2D eigenvalue weighted by Gasteiger charge is 2.43. The number of carbonyl (C=O) groups is 8. The van der Waals surface area contributed by atoms with Gasteiger partial charge in [0.1, 0.15) is 35.4 Å². The third kappa shape index (κ3) is 20.5. The summed E-state index contributed by atoms with van der Waals surface area (Å²) in [6.07, 6.45) is 7.69. The fourth-order valence-corrected chi connectivity index (χ4v) is 15.0. The van der Waals surface area contributed by atoms with Crippen LogP contribution in [0, 0.1) is 46.3 Å². The van der Waals surface area contributed by atoms with Gasteiger partial charge in [0.15, 0.2) is 11.4 Å². The number of aliphatic hydroxyl groups excluding tert-OH is 2. The SMILES string of the molecule is CC(=O)N1c2ccc(C(=O)NC[C@@H](C)O)cc2C(Nc2ccc(Cl)cn2)C(C)C1C.CC(=O)N1c2ccc(C(=O)NC[C@H](C)O)cc2C(Nc2ccc(Cl)cn2)C(C)C1C.CC(=O)N1c2ccc(C(N)=O)cc2C(Nc2cnc(C#N)cn2)C(C)C1C.CCNC(=O)c1ccc2c(c1)C(Nc1cnc(C#N)cn1)C(C)C(C)N2C(C)=O. The predicted molar refractivity (Wildman–Crippen MR) is 445 cm³/mol. The summed E-state index contributed by atoms with van der Waals surface area (Å²) in [5.41, 5.74) is 14.1. The second-order valence-corrected chi connectivity index (χ2v) is 30.3. The van der Waals surface area contributed by atoms with Crippen LogP contribution >= 0.6 is 23.2 Å². The van der Waals surface area contributed by atoms with Crippen LogP contribution in [0.4, 0.5) is 46.0 Å². The molecule has 12 unspecified atom stereocenters. The summed E-state index contributed by atoms with van der Waals surface area (Å²) in [4.78, 5) is 131. The van der Waals surface area contributed by atoms with Gasteiger partial charge in [0.25, 0.3) is 17.7 Å². The van der Waals surface area contributed by atoms with E-state index in [1.54, 1.807) is 152 Å². The standard InChI is InChI=1S/2C22H27ClN4O3.C21H24N6O2.C19H20N6O2/c2*1-12(28)10-25-22(30)16-5-7-19-18(9-16)21(13(2)14(3)27(19)15(4)29)26-20-8-6-17(23)11-24-20;1-5-23-21(29)15-6-7-18-17(8-15)20(12(2)13(3)27(18)14(4)28)26-19-11-24-16(9-22)10-25-19;1-10-11(2)25(12(3)26)16-5-4-13(19(21)27)6-15(16)18(10)24-17-9-22-14(7-20)8-23-17/h2*5-9,11-14,21,28H,10H2,1-4H3,(H,24,26)(H,25,30);6-8,10-13,20H,5H2,1-4H3,(H,23,29)(H,25,26);4-6,8-11,18H,1-3H3,(H2,21,27)(H,23,24)/t2*12-,13?,14?,21?;;/m10../s1. The van der Waals surface area contributed by atoms with E-state index in [9.17, 15) is 48.6 Å². The molecule has 30 nitrogen and oxygen atoms in total. The molecule has 8 amide bonds. The monoisotopic (exact) mass is 1620 g/mol. The van der Waals surface area contributed by atoms with Crippen LogP contribution in [0.25, 0.3) is 0 Å². The minimum atomic E-state index is -0.633. The number of nitrogens with zero attached hydrogens (tertiary/aromatic N) is 12. The topological polar surface area (TPSA) is 425 Å². The maximum atomic E-state index is 12.5. The van der Waals surface area contributed by atoms with Crippen LogP contribution in [0.2, 0.25) is 10.0 Å². The van der Waals surface area contributed by atoms with Crippen LogP contribution in [-0.4, -0.2) is 143 Å². The lowest BCUT2D eigenvalue weighted by molar-refractivity contribution is -0.118. The van der Waals surface area contributed by atoms with Crippen molar-refractivity contribution in [3.05, 3.63) is 200 Å². The number of aromatic nitrogens is 6. The number of aliphatic hydroxyl groups is 2. The molecule has 0 saturated heterocycles. The third-order valence-electron chi connectivity index (χ3n) is 21.3. The average molecular weight is 1620 g/mol. The van der Waals surface area contributed by atoms with Gasteiger partial charge in [-0.1, -0.05) is 50.9 Å². The molecule has 0 radical (unpaired) electrons. The molecule has 32 heteroatoms. The minimum Gasteiger partial charge on any atom is -0.392 e. The Morgan fingerprint density at radius 3 is 0.931 bits per heavy atom. The summed E-state index contributed by atoms with van der Waals surface area (Å²) in [5, 5.41) is 59.6. The predicted octanol–water partition coefficient (Wildman–Crippen LogP) is 11.4. The summed E-state index contributed by atoms with van der Waals surface area (Å²) in [6.45, 7) is 28.3. The lowest BCUT2D eigenvalue weighted by atomic mass is 9.82. The quantitative estimate of drug-likeness (QED) is 0.0405. The fraction of sp³-hybridized carbons (Fsp3) is 0.381. The molecular weight excluding hydrogens is 1520 g/mol. The number of rotatable bonds is 17. The van der Waals surface area contributed by atoms with Gasteiger partial charge in [-0.15, -0.1) is 0 Å². The summed E-state index contributed by atoms with van der Waals surface area (Å²) >= 11 is 11.9. The lowest BCUT2D eigenvalue weighted by Gasteiger charge is -2.44. The van der Waals surface area contributed by atoms with Gasteiger partial charge in [0.2, 0.25) is 29.5 Å². The highest BCUT2D eigenvalue weighted by Crippen LogP contribution is 2.47. The normalized spacial score (nSPS) is 21.1. The smallest absolute Gasteiger partial charge is 0.251 e. The van der Waals surface area contributed by atoms with E-state index in [4.69, 9.17) is 39.5 Å². The van der Waals surface area contributed by atoms with E-state index in [0.717, 1.165) is 45.0 Å². The third-order valence-corrected chi connectivity index (χ3v) is 21.8. The molecule has 0 fully saturated rings. The summed E-state index contributed by atoms with van der Waals surface area (Å²) < 4.78 is 0. The highest BCUT2D eigenvalue weighted by atomic mass is 35.5. The number of nitrogens with one attached hydrogen (secondary N) is 7. The van der Waals surface area contributed by atoms with Crippen molar-refractivity contribution in [2.75, 3.05) is 60.5 Å². The molecule has 4 aliphatic rings. The molecule has 4 aromatic heterocycles. The van der Waals surface area contributed by atoms with Crippen molar-refractivity contribution in [2.24, 2.45) is 29.4 Å². The number of carbonyl (C=O) groups excluding carboxylic acids is 8. The largest absolute Gasteiger partial charge is 0.392 e. The number of fused-ring (bicyclic) bond motifs is 4. The van der Waals surface area contributed by atoms with Gasteiger partial charge in [-0.05, 0) is 168 Å². The Hall–Kier alpha value is -12.2. The number of hydrogen-bond acceptors (Lipinski definition) is 22. The van der Waals surface area contributed by atoms with Gasteiger partial charge >= 0.3 is 0 Å². The first-order valence-electron chi connectivity index (χ1n) is 38.1. The molecule has 0 spiro atoms. The van der Waals surface area contributed by atoms with E-state index in [2.05, 4.69) is 87.9 Å². The number of halogens is 2. The van der Waals surface area contributed by atoms with Gasteiger partial charge < -0.3 is 72.8 Å². The van der Waals surface area contributed by atoms with Crippen molar-refractivity contribution < 1.29 is 48.6 Å². The van der Waals surface area contributed by atoms with E-state index in [1.165, 1.54) is 31.7 Å². The van der Waals surface area contributed by atoms with E-state index in [-0.39, 0.29) is 138 Å². The zero-order valence-corrected chi connectivity index (χ0v) is 68.8. The van der Waals surface area contributed by atoms with Crippen LogP contribution in [0.5, 0.6) is 0 Å². The van der Waals surface area contributed by atoms with E-state index < -0.39 is 18.1 Å². The van der Waals surface area contributed by atoms with E-state index in [1.807, 2.05) is 65.8 Å². The molecule has 4 aromatic carbocycles. The van der Waals surface area contributed by atoms with Gasteiger partial charge in [-0.2, -0.15) is 10.5 Å². The zero-order chi connectivity index (χ0) is 84.8. The van der Waals surface area contributed by atoms with Gasteiger partial charge in [0.05, 0.1) is 71.2 Å².